The predicted molar refractivity (Wildman–Crippen MR) is 120 cm³/mol. The van der Waals surface area contributed by atoms with Crippen molar-refractivity contribution < 1.29 is 28.6 Å². The van der Waals surface area contributed by atoms with Crippen molar-refractivity contribution in [3.8, 4) is 17.2 Å². The summed E-state index contributed by atoms with van der Waals surface area (Å²) in [5, 5.41) is 2.22. The molecule has 0 aliphatic carbocycles. The van der Waals surface area contributed by atoms with Gasteiger partial charge in [-0.2, -0.15) is 0 Å². The van der Waals surface area contributed by atoms with Crippen molar-refractivity contribution in [3.05, 3.63) is 53.6 Å². The second-order valence-electron chi connectivity index (χ2n) is 7.19. The van der Waals surface area contributed by atoms with Crippen molar-refractivity contribution in [2.24, 2.45) is 0 Å². The largest absolute Gasteiger partial charge is 0.494 e. The summed E-state index contributed by atoms with van der Waals surface area (Å²) < 4.78 is 16.8. The third-order valence-electron chi connectivity index (χ3n) is 4.45. The molecule has 4 amide bonds. The zero-order valence-corrected chi connectivity index (χ0v) is 18.5. The summed E-state index contributed by atoms with van der Waals surface area (Å²) in [5.41, 5.74) is 0.715. The van der Waals surface area contributed by atoms with E-state index in [0.717, 1.165) is 4.90 Å². The Hall–Kier alpha value is -3.81. The molecule has 8 heteroatoms. The molecule has 1 aliphatic heterocycles. The van der Waals surface area contributed by atoms with Crippen LogP contribution in [-0.2, 0) is 9.59 Å². The van der Waals surface area contributed by atoms with Crippen LogP contribution in [0.25, 0.3) is 6.08 Å². The van der Waals surface area contributed by atoms with Gasteiger partial charge in [-0.3, -0.25) is 14.9 Å². The summed E-state index contributed by atoms with van der Waals surface area (Å²) in [4.78, 5) is 38.8. The van der Waals surface area contributed by atoms with Gasteiger partial charge in [0.2, 0.25) is 0 Å². The molecule has 1 heterocycles. The van der Waals surface area contributed by atoms with Crippen LogP contribution in [0.2, 0.25) is 0 Å². The van der Waals surface area contributed by atoms with Crippen molar-refractivity contribution in [3.63, 3.8) is 0 Å². The molecule has 32 heavy (non-hydrogen) atoms. The van der Waals surface area contributed by atoms with Gasteiger partial charge < -0.3 is 14.2 Å². The molecule has 8 nitrogen and oxygen atoms in total. The van der Waals surface area contributed by atoms with Crippen molar-refractivity contribution in [2.45, 2.75) is 33.8 Å². The average Bonchev–Trinajstić information content (AvgIpc) is 2.74. The molecular formula is C24H26N2O6. The third-order valence-corrected chi connectivity index (χ3v) is 4.45. The van der Waals surface area contributed by atoms with Crippen LogP contribution in [0.15, 0.2) is 48.0 Å². The van der Waals surface area contributed by atoms with Gasteiger partial charge in [0.15, 0.2) is 11.5 Å². The fraction of sp³-hybridized carbons (Fsp3) is 0.292. The lowest BCUT2D eigenvalue weighted by Gasteiger charge is -2.26. The number of benzene rings is 2. The number of imide groups is 2. The molecule has 1 aliphatic rings. The quantitative estimate of drug-likeness (QED) is 0.496. The number of nitrogens with zero attached hydrogens (tertiary/aromatic N) is 1. The van der Waals surface area contributed by atoms with Crippen LogP contribution in [0.5, 0.6) is 17.2 Å². The Morgan fingerprint density at radius 2 is 1.62 bits per heavy atom. The molecule has 3 rings (SSSR count). The Morgan fingerprint density at radius 1 is 0.938 bits per heavy atom. The lowest BCUT2D eigenvalue weighted by Crippen LogP contribution is -2.54. The number of urea groups is 1. The zero-order valence-electron chi connectivity index (χ0n) is 18.5. The van der Waals surface area contributed by atoms with Gasteiger partial charge in [-0.15, -0.1) is 0 Å². The Bertz CT molecular complexity index is 1040. The van der Waals surface area contributed by atoms with Crippen LogP contribution in [0, 0.1) is 0 Å². The number of carbonyl (C=O) groups excluding carboxylic acids is 3. The molecular weight excluding hydrogens is 412 g/mol. The Morgan fingerprint density at radius 3 is 2.25 bits per heavy atom. The lowest BCUT2D eigenvalue weighted by atomic mass is 10.1. The van der Waals surface area contributed by atoms with Gasteiger partial charge in [0.25, 0.3) is 11.8 Å². The predicted octanol–water partition coefficient (Wildman–Crippen LogP) is 3.94. The summed E-state index contributed by atoms with van der Waals surface area (Å²) in [6, 6.07) is 10.8. The van der Waals surface area contributed by atoms with Crippen LogP contribution in [0.4, 0.5) is 10.5 Å². The number of carbonyl (C=O) groups is 3. The van der Waals surface area contributed by atoms with Crippen LogP contribution >= 0.6 is 0 Å². The molecule has 1 saturated heterocycles. The number of anilines is 1. The normalized spacial score (nSPS) is 15.2. The van der Waals surface area contributed by atoms with E-state index >= 15 is 0 Å². The van der Waals surface area contributed by atoms with Crippen LogP contribution in [0.3, 0.4) is 0 Å². The van der Waals surface area contributed by atoms with E-state index in [4.69, 9.17) is 14.2 Å². The first-order valence-corrected chi connectivity index (χ1v) is 10.4. The molecule has 1 fully saturated rings. The zero-order chi connectivity index (χ0) is 23.3. The van der Waals surface area contributed by atoms with E-state index in [1.54, 1.807) is 42.5 Å². The summed E-state index contributed by atoms with van der Waals surface area (Å²) in [6.45, 7) is 8.44. The number of hydrogen-bond donors (Lipinski definition) is 1. The van der Waals surface area contributed by atoms with E-state index in [1.165, 1.54) is 6.08 Å². The van der Waals surface area contributed by atoms with Crippen molar-refractivity contribution in [1.82, 2.24) is 5.32 Å². The number of amides is 4. The minimum atomic E-state index is -0.808. The first kappa shape index (κ1) is 22.9. The van der Waals surface area contributed by atoms with Gasteiger partial charge in [0.1, 0.15) is 11.3 Å². The van der Waals surface area contributed by atoms with Gasteiger partial charge in [-0.1, -0.05) is 6.07 Å². The maximum Gasteiger partial charge on any atom is 0.335 e. The summed E-state index contributed by atoms with van der Waals surface area (Å²) >= 11 is 0. The molecule has 0 radical (unpaired) electrons. The maximum atomic E-state index is 13.1. The van der Waals surface area contributed by atoms with Gasteiger partial charge in [0.05, 0.1) is 25.0 Å². The molecule has 0 atom stereocenters. The number of ether oxygens (including phenoxy) is 3. The van der Waals surface area contributed by atoms with Gasteiger partial charge >= 0.3 is 6.03 Å². The number of hydrogen-bond acceptors (Lipinski definition) is 6. The molecule has 1 N–H and O–H groups in total. The summed E-state index contributed by atoms with van der Waals surface area (Å²) in [5.74, 6) is 0.194. The number of barbiturate groups is 1. The van der Waals surface area contributed by atoms with Gasteiger partial charge in [-0.25, -0.2) is 9.69 Å². The Balaban J connectivity index is 1.94. The fourth-order valence-electron chi connectivity index (χ4n) is 3.15. The van der Waals surface area contributed by atoms with E-state index in [9.17, 15) is 14.4 Å². The van der Waals surface area contributed by atoms with Crippen molar-refractivity contribution >= 4 is 29.6 Å². The minimum absolute atomic E-state index is 0.0437. The smallest absolute Gasteiger partial charge is 0.335 e. The second kappa shape index (κ2) is 10.00. The highest BCUT2D eigenvalue weighted by Gasteiger charge is 2.36. The minimum Gasteiger partial charge on any atom is -0.494 e. The highest BCUT2D eigenvalue weighted by atomic mass is 16.5. The van der Waals surface area contributed by atoms with E-state index in [-0.39, 0.29) is 11.7 Å². The topological polar surface area (TPSA) is 94.2 Å². The number of nitrogens with one attached hydrogen (secondary N) is 1. The van der Waals surface area contributed by atoms with Gasteiger partial charge in [-0.05, 0) is 75.7 Å². The fourth-order valence-corrected chi connectivity index (χ4v) is 3.15. The van der Waals surface area contributed by atoms with Gasteiger partial charge in [0, 0.05) is 0 Å². The Labute approximate surface area is 186 Å². The SMILES string of the molecule is CCOc1ccc(N2C(=O)NC(=O)/C(=C\c3ccc(OC(C)C)c(OCC)c3)C2=O)cc1. The highest BCUT2D eigenvalue weighted by Crippen LogP contribution is 2.31. The van der Waals surface area contributed by atoms with E-state index in [1.807, 2.05) is 27.7 Å². The van der Waals surface area contributed by atoms with Crippen LogP contribution in [-0.4, -0.2) is 37.2 Å². The Kier molecular flexibility index (Phi) is 7.14. The van der Waals surface area contributed by atoms with Crippen molar-refractivity contribution in [2.75, 3.05) is 18.1 Å². The second-order valence-corrected chi connectivity index (χ2v) is 7.19. The van der Waals surface area contributed by atoms with E-state index in [2.05, 4.69) is 5.32 Å². The molecule has 168 valence electrons. The lowest BCUT2D eigenvalue weighted by molar-refractivity contribution is -0.122. The maximum absolute atomic E-state index is 13.1. The standard InChI is InChI=1S/C24H26N2O6/c1-5-30-18-10-8-17(9-11-18)26-23(28)19(22(27)25-24(26)29)13-16-7-12-20(32-15(3)4)21(14-16)31-6-2/h7-15H,5-6H2,1-4H3,(H,25,27,29)/b19-13+. The monoisotopic (exact) mass is 438 g/mol. The van der Waals surface area contributed by atoms with Crippen LogP contribution in [0.1, 0.15) is 33.3 Å². The van der Waals surface area contributed by atoms with E-state index < -0.39 is 17.8 Å². The van der Waals surface area contributed by atoms with Crippen LogP contribution < -0.4 is 24.4 Å². The third kappa shape index (κ3) is 5.08. The molecule has 0 spiro atoms. The summed E-state index contributed by atoms with van der Waals surface area (Å²) in [7, 11) is 0. The molecule has 2 aromatic carbocycles. The molecule has 0 aromatic heterocycles. The molecule has 0 bridgehead atoms. The van der Waals surface area contributed by atoms with Crippen molar-refractivity contribution in [1.29, 1.82) is 0 Å². The average molecular weight is 438 g/mol. The summed E-state index contributed by atoms with van der Waals surface area (Å²) in [6.07, 6.45) is 1.38. The van der Waals surface area contributed by atoms with E-state index in [0.29, 0.717) is 41.7 Å². The first-order valence-electron chi connectivity index (χ1n) is 10.4. The number of rotatable bonds is 8. The molecule has 0 saturated carbocycles. The molecule has 0 unspecified atom stereocenters. The first-order chi connectivity index (χ1) is 15.3. The molecule has 2 aromatic rings. The highest BCUT2D eigenvalue weighted by molar-refractivity contribution is 6.39.